The third kappa shape index (κ3) is 5.05. The molecule has 28 heavy (non-hydrogen) atoms. The summed E-state index contributed by atoms with van der Waals surface area (Å²) in [6.45, 7) is 8.36. The van der Waals surface area contributed by atoms with Gasteiger partial charge >= 0.3 is 0 Å². The summed E-state index contributed by atoms with van der Waals surface area (Å²) in [6, 6.07) is 9.95. The highest BCUT2D eigenvalue weighted by Gasteiger charge is 2.17. The lowest BCUT2D eigenvalue weighted by atomic mass is 10.3. The van der Waals surface area contributed by atoms with E-state index in [-0.39, 0.29) is 0 Å². The van der Waals surface area contributed by atoms with E-state index in [1.807, 2.05) is 44.2 Å². The van der Waals surface area contributed by atoms with E-state index in [4.69, 9.17) is 4.74 Å². The number of hydrogen-bond donors (Lipinski definition) is 0. The standard InChI is InChI=1S/C20H25N5OS2/c1-6-15(4)28-20-24-23-18(12-27-19-21-13(2)11-14(3)22-19)25(20)16-7-9-17(26-5)10-8-16/h7-11,15H,6,12H2,1-5H3/t15-/m0/s1. The summed E-state index contributed by atoms with van der Waals surface area (Å²) in [7, 11) is 1.67. The van der Waals surface area contributed by atoms with Crippen LogP contribution in [0, 0.1) is 13.8 Å². The molecule has 2 aromatic heterocycles. The molecule has 0 saturated carbocycles. The van der Waals surface area contributed by atoms with Gasteiger partial charge in [0.1, 0.15) is 11.6 Å². The van der Waals surface area contributed by atoms with E-state index in [1.54, 1.807) is 30.6 Å². The van der Waals surface area contributed by atoms with Crippen LogP contribution >= 0.6 is 23.5 Å². The minimum atomic E-state index is 0.462. The van der Waals surface area contributed by atoms with Crippen molar-refractivity contribution in [1.82, 2.24) is 24.7 Å². The number of thioether (sulfide) groups is 2. The first kappa shape index (κ1) is 20.7. The molecule has 0 fully saturated rings. The molecule has 0 radical (unpaired) electrons. The molecule has 0 aliphatic carbocycles. The van der Waals surface area contributed by atoms with Crippen molar-refractivity contribution < 1.29 is 4.74 Å². The van der Waals surface area contributed by atoms with Gasteiger partial charge in [0.15, 0.2) is 10.3 Å². The van der Waals surface area contributed by atoms with E-state index in [0.717, 1.165) is 45.4 Å². The highest BCUT2D eigenvalue weighted by Crippen LogP contribution is 2.30. The molecule has 3 aromatic rings. The Labute approximate surface area is 174 Å². The fourth-order valence-electron chi connectivity index (χ4n) is 2.61. The molecule has 8 heteroatoms. The van der Waals surface area contributed by atoms with Crippen molar-refractivity contribution in [3.63, 3.8) is 0 Å². The summed E-state index contributed by atoms with van der Waals surface area (Å²) in [4.78, 5) is 9.03. The second-order valence-electron chi connectivity index (χ2n) is 6.49. The van der Waals surface area contributed by atoms with E-state index in [1.165, 1.54) is 0 Å². The summed E-state index contributed by atoms with van der Waals surface area (Å²) < 4.78 is 7.41. The van der Waals surface area contributed by atoms with Crippen molar-refractivity contribution in [1.29, 1.82) is 0 Å². The Kier molecular flexibility index (Phi) is 6.96. The van der Waals surface area contributed by atoms with Crippen molar-refractivity contribution in [2.24, 2.45) is 0 Å². The van der Waals surface area contributed by atoms with Gasteiger partial charge in [-0.15, -0.1) is 10.2 Å². The number of nitrogens with zero attached hydrogens (tertiary/aromatic N) is 5. The van der Waals surface area contributed by atoms with Gasteiger partial charge in [0.05, 0.1) is 12.9 Å². The second kappa shape index (κ2) is 9.43. The molecule has 148 valence electrons. The average molecular weight is 416 g/mol. The molecular formula is C20H25N5OS2. The molecule has 0 bridgehead atoms. The maximum Gasteiger partial charge on any atom is 0.196 e. The van der Waals surface area contributed by atoms with E-state index in [2.05, 4.69) is 38.6 Å². The summed E-state index contributed by atoms with van der Waals surface area (Å²) in [5.41, 5.74) is 2.97. The molecule has 3 rings (SSSR count). The van der Waals surface area contributed by atoms with Crippen LogP contribution in [-0.4, -0.2) is 37.1 Å². The average Bonchev–Trinajstić information content (AvgIpc) is 3.08. The van der Waals surface area contributed by atoms with Crippen molar-refractivity contribution >= 4 is 23.5 Å². The van der Waals surface area contributed by atoms with Crippen LogP contribution < -0.4 is 4.74 Å². The van der Waals surface area contributed by atoms with Gasteiger partial charge < -0.3 is 4.74 Å². The fourth-order valence-corrected chi connectivity index (χ4v) is 4.40. The van der Waals surface area contributed by atoms with Gasteiger partial charge in [-0.05, 0) is 50.6 Å². The van der Waals surface area contributed by atoms with Crippen molar-refractivity contribution in [3.8, 4) is 11.4 Å². The molecule has 0 N–H and O–H groups in total. The largest absolute Gasteiger partial charge is 0.497 e. The highest BCUT2D eigenvalue weighted by molar-refractivity contribution is 7.99. The summed E-state index contributed by atoms with van der Waals surface area (Å²) >= 11 is 3.32. The maximum absolute atomic E-state index is 5.29. The number of rotatable bonds is 8. The summed E-state index contributed by atoms with van der Waals surface area (Å²) in [5.74, 6) is 2.35. The van der Waals surface area contributed by atoms with Crippen LogP contribution in [0.2, 0.25) is 0 Å². The van der Waals surface area contributed by atoms with E-state index < -0.39 is 0 Å². The molecule has 0 spiro atoms. The van der Waals surface area contributed by atoms with Crippen molar-refractivity contribution in [3.05, 3.63) is 47.5 Å². The SMILES string of the molecule is CC[C@H](C)Sc1nnc(CSc2nc(C)cc(C)n2)n1-c1ccc(OC)cc1. The Morgan fingerprint density at radius 3 is 2.36 bits per heavy atom. The monoisotopic (exact) mass is 415 g/mol. The third-order valence-electron chi connectivity index (χ3n) is 4.20. The van der Waals surface area contributed by atoms with Gasteiger partial charge in [0.25, 0.3) is 0 Å². The zero-order valence-corrected chi connectivity index (χ0v) is 18.5. The number of hydrogen-bond acceptors (Lipinski definition) is 7. The molecule has 0 saturated heterocycles. The lowest BCUT2D eigenvalue weighted by Crippen LogP contribution is -2.04. The van der Waals surface area contributed by atoms with Gasteiger partial charge in [-0.3, -0.25) is 4.57 Å². The van der Waals surface area contributed by atoms with Gasteiger partial charge in [-0.25, -0.2) is 9.97 Å². The predicted octanol–water partition coefficient (Wildman–Crippen LogP) is 4.87. The number of ether oxygens (including phenoxy) is 1. The number of methoxy groups -OCH3 is 1. The first-order valence-corrected chi connectivity index (χ1v) is 11.1. The van der Waals surface area contributed by atoms with E-state index in [9.17, 15) is 0 Å². The minimum Gasteiger partial charge on any atom is -0.497 e. The van der Waals surface area contributed by atoms with Gasteiger partial charge in [0.2, 0.25) is 0 Å². The van der Waals surface area contributed by atoms with Crippen LogP contribution in [0.15, 0.2) is 40.6 Å². The van der Waals surface area contributed by atoms with Gasteiger partial charge in [-0.1, -0.05) is 37.4 Å². The fraction of sp³-hybridized carbons (Fsp3) is 0.400. The second-order valence-corrected chi connectivity index (χ2v) is 8.84. The summed E-state index contributed by atoms with van der Waals surface area (Å²) in [5, 5.41) is 11.1. The van der Waals surface area contributed by atoms with Crippen LogP contribution in [-0.2, 0) is 5.75 Å². The molecule has 2 heterocycles. The van der Waals surface area contributed by atoms with Gasteiger partial charge in [-0.2, -0.15) is 0 Å². The normalized spacial score (nSPS) is 12.2. The lowest BCUT2D eigenvalue weighted by Gasteiger charge is -2.13. The number of aromatic nitrogens is 5. The zero-order chi connectivity index (χ0) is 20.1. The van der Waals surface area contributed by atoms with Crippen LogP contribution in [0.3, 0.4) is 0 Å². The van der Waals surface area contributed by atoms with E-state index in [0.29, 0.717) is 11.0 Å². The zero-order valence-electron chi connectivity index (χ0n) is 16.8. The molecule has 0 aliphatic heterocycles. The Morgan fingerprint density at radius 1 is 1.07 bits per heavy atom. The van der Waals surface area contributed by atoms with E-state index >= 15 is 0 Å². The molecular weight excluding hydrogens is 390 g/mol. The third-order valence-corrected chi connectivity index (χ3v) is 6.26. The van der Waals surface area contributed by atoms with Crippen LogP contribution in [0.1, 0.15) is 37.5 Å². The number of aryl methyl sites for hydroxylation is 2. The van der Waals surface area contributed by atoms with Gasteiger partial charge in [0, 0.05) is 22.3 Å². The summed E-state index contributed by atoms with van der Waals surface area (Å²) in [6.07, 6.45) is 1.07. The highest BCUT2D eigenvalue weighted by atomic mass is 32.2. The quantitative estimate of drug-likeness (QED) is 0.384. The topological polar surface area (TPSA) is 65.7 Å². The molecule has 0 aliphatic rings. The lowest BCUT2D eigenvalue weighted by molar-refractivity contribution is 0.414. The first-order valence-electron chi connectivity index (χ1n) is 9.20. The number of benzene rings is 1. The molecule has 1 aromatic carbocycles. The Hall–Kier alpha value is -2.06. The molecule has 1 atom stereocenters. The maximum atomic E-state index is 5.29. The Morgan fingerprint density at radius 2 is 1.75 bits per heavy atom. The van der Waals surface area contributed by atoms with Crippen LogP contribution in [0.25, 0.3) is 5.69 Å². The molecule has 0 amide bonds. The predicted molar refractivity (Wildman–Crippen MR) is 115 cm³/mol. The Balaban J connectivity index is 1.90. The first-order chi connectivity index (χ1) is 13.5. The molecule has 0 unspecified atom stereocenters. The van der Waals surface area contributed by atoms with Crippen LogP contribution in [0.5, 0.6) is 5.75 Å². The Bertz CT molecular complexity index is 907. The van der Waals surface area contributed by atoms with Crippen molar-refractivity contribution in [2.45, 2.75) is 55.4 Å². The molecule has 6 nitrogen and oxygen atoms in total. The smallest absolute Gasteiger partial charge is 0.196 e. The minimum absolute atomic E-state index is 0.462. The van der Waals surface area contributed by atoms with Crippen molar-refractivity contribution in [2.75, 3.05) is 7.11 Å². The van der Waals surface area contributed by atoms with Crippen LogP contribution in [0.4, 0.5) is 0 Å².